The van der Waals surface area contributed by atoms with E-state index < -0.39 is 6.10 Å². The molecular weight excluding hydrogens is 421 g/mol. The Morgan fingerprint density at radius 2 is 1.91 bits per heavy atom. The van der Waals surface area contributed by atoms with E-state index in [9.17, 15) is 5.11 Å². The zero-order chi connectivity index (χ0) is 16.2. The lowest BCUT2D eigenvalue weighted by Gasteiger charge is -2.13. The summed E-state index contributed by atoms with van der Waals surface area (Å²) >= 11 is 1.88. The smallest absolute Gasteiger partial charge is 0.191 e. The van der Waals surface area contributed by atoms with Crippen molar-refractivity contribution in [2.24, 2.45) is 4.99 Å². The van der Waals surface area contributed by atoms with E-state index in [1.54, 1.807) is 0 Å². The van der Waals surface area contributed by atoms with Crippen molar-refractivity contribution in [2.45, 2.75) is 32.8 Å². The molecular formula is C17H30IN3OS. The molecule has 1 aromatic rings. The fourth-order valence-corrected chi connectivity index (χ4v) is 2.48. The van der Waals surface area contributed by atoms with Gasteiger partial charge in [0.1, 0.15) is 0 Å². The number of aliphatic imine (C=N–C) groups is 1. The van der Waals surface area contributed by atoms with Crippen molar-refractivity contribution in [2.75, 3.05) is 31.6 Å². The van der Waals surface area contributed by atoms with Crippen LogP contribution in [0.2, 0.25) is 0 Å². The first-order valence-corrected chi connectivity index (χ1v) is 9.32. The van der Waals surface area contributed by atoms with Crippen molar-refractivity contribution in [3.05, 3.63) is 35.4 Å². The van der Waals surface area contributed by atoms with Crippen LogP contribution in [0.15, 0.2) is 29.3 Å². The molecule has 1 rings (SSSR count). The number of hydrogen-bond acceptors (Lipinski definition) is 3. The highest BCUT2D eigenvalue weighted by Gasteiger charge is 2.07. The predicted molar refractivity (Wildman–Crippen MR) is 113 cm³/mol. The van der Waals surface area contributed by atoms with Crippen LogP contribution >= 0.6 is 35.7 Å². The van der Waals surface area contributed by atoms with Crippen molar-refractivity contribution in [3.8, 4) is 0 Å². The van der Waals surface area contributed by atoms with E-state index in [1.165, 1.54) is 17.7 Å². The molecule has 1 atom stereocenters. The van der Waals surface area contributed by atoms with E-state index >= 15 is 0 Å². The molecule has 0 aliphatic heterocycles. The van der Waals surface area contributed by atoms with E-state index in [0.717, 1.165) is 31.0 Å². The number of nitrogens with one attached hydrogen (secondary N) is 2. The maximum absolute atomic E-state index is 10.2. The van der Waals surface area contributed by atoms with Crippen molar-refractivity contribution < 1.29 is 5.11 Å². The van der Waals surface area contributed by atoms with Crippen LogP contribution in [-0.2, 0) is 0 Å². The summed E-state index contributed by atoms with van der Waals surface area (Å²) in [6, 6.07) is 7.94. The van der Waals surface area contributed by atoms with Crippen LogP contribution in [0.1, 0.15) is 37.0 Å². The highest BCUT2D eigenvalue weighted by molar-refractivity contribution is 14.0. The maximum Gasteiger partial charge on any atom is 0.191 e. The summed E-state index contributed by atoms with van der Waals surface area (Å²) in [6.45, 7) is 6.17. The summed E-state index contributed by atoms with van der Waals surface area (Å²) < 4.78 is 0. The van der Waals surface area contributed by atoms with Crippen LogP contribution in [-0.4, -0.2) is 42.7 Å². The molecule has 0 saturated heterocycles. The molecule has 0 saturated carbocycles. The minimum atomic E-state index is -0.562. The largest absolute Gasteiger partial charge is 0.386 e. The highest BCUT2D eigenvalue weighted by Crippen LogP contribution is 2.13. The number of aliphatic hydroxyl groups is 1. The molecule has 1 unspecified atom stereocenters. The fourth-order valence-electron chi connectivity index (χ4n) is 1.99. The van der Waals surface area contributed by atoms with Crippen molar-refractivity contribution >= 4 is 41.7 Å². The van der Waals surface area contributed by atoms with Gasteiger partial charge in [-0.15, -0.1) is 24.0 Å². The number of rotatable bonds is 9. The minimum absolute atomic E-state index is 0. The third-order valence-electron chi connectivity index (χ3n) is 3.30. The lowest BCUT2D eigenvalue weighted by atomic mass is 10.1. The van der Waals surface area contributed by atoms with Gasteiger partial charge in [-0.05, 0) is 44.3 Å². The Kier molecular flexibility index (Phi) is 13.6. The number of thioether (sulfide) groups is 1. The number of guanidine groups is 1. The number of unbranched alkanes of at least 4 members (excludes halogenated alkanes) is 1. The average molecular weight is 451 g/mol. The molecule has 0 bridgehead atoms. The molecule has 4 nitrogen and oxygen atoms in total. The molecule has 0 aliphatic rings. The molecule has 0 aromatic heterocycles. The van der Waals surface area contributed by atoms with Gasteiger partial charge in [0.2, 0.25) is 0 Å². The van der Waals surface area contributed by atoms with E-state index in [4.69, 9.17) is 0 Å². The first-order chi connectivity index (χ1) is 10.7. The van der Waals surface area contributed by atoms with Crippen molar-refractivity contribution in [1.29, 1.82) is 0 Å². The van der Waals surface area contributed by atoms with Gasteiger partial charge in [0, 0.05) is 13.1 Å². The molecule has 132 valence electrons. The summed E-state index contributed by atoms with van der Waals surface area (Å²) in [4.78, 5) is 4.47. The second kappa shape index (κ2) is 13.9. The Labute approximate surface area is 162 Å². The average Bonchev–Trinajstić information content (AvgIpc) is 2.52. The Hall–Kier alpha value is -0.470. The number of aryl methyl sites for hydroxylation is 1. The second-order valence-corrected chi connectivity index (χ2v) is 6.26. The maximum atomic E-state index is 10.2. The van der Waals surface area contributed by atoms with E-state index in [1.807, 2.05) is 49.9 Å². The molecule has 1 aromatic carbocycles. The Bertz CT molecular complexity index is 440. The molecule has 0 amide bonds. The first-order valence-electron chi connectivity index (χ1n) is 7.93. The lowest BCUT2D eigenvalue weighted by Crippen LogP contribution is -2.38. The van der Waals surface area contributed by atoms with E-state index in [-0.39, 0.29) is 24.0 Å². The molecule has 0 fully saturated rings. The van der Waals surface area contributed by atoms with E-state index in [2.05, 4.69) is 21.9 Å². The summed E-state index contributed by atoms with van der Waals surface area (Å²) in [6.07, 6.45) is 3.91. The number of benzene rings is 1. The molecule has 0 heterocycles. The zero-order valence-electron chi connectivity index (χ0n) is 14.3. The van der Waals surface area contributed by atoms with Gasteiger partial charge in [0.15, 0.2) is 5.96 Å². The lowest BCUT2D eigenvalue weighted by molar-refractivity contribution is 0.187. The van der Waals surface area contributed by atoms with Crippen LogP contribution < -0.4 is 10.6 Å². The van der Waals surface area contributed by atoms with Gasteiger partial charge in [-0.25, -0.2) is 0 Å². The van der Waals surface area contributed by atoms with Crippen LogP contribution in [0.4, 0.5) is 0 Å². The topological polar surface area (TPSA) is 56.7 Å². The SMILES string of the molecule is CCNC(=NCC(O)c1ccc(C)cc1)NCCCCSC.I. The fraction of sp³-hybridized carbons (Fsp3) is 0.588. The number of nitrogens with zero attached hydrogens (tertiary/aromatic N) is 1. The summed E-state index contributed by atoms with van der Waals surface area (Å²) in [7, 11) is 0. The molecule has 0 spiro atoms. The monoisotopic (exact) mass is 451 g/mol. The Balaban J connectivity index is 0.00000484. The summed E-state index contributed by atoms with van der Waals surface area (Å²) in [5.41, 5.74) is 2.10. The minimum Gasteiger partial charge on any atom is -0.386 e. The third-order valence-corrected chi connectivity index (χ3v) is 3.99. The van der Waals surface area contributed by atoms with Crippen LogP contribution in [0, 0.1) is 6.92 Å². The normalized spacial score (nSPS) is 12.4. The van der Waals surface area contributed by atoms with Crippen LogP contribution in [0.25, 0.3) is 0 Å². The van der Waals surface area contributed by atoms with Gasteiger partial charge in [-0.3, -0.25) is 4.99 Å². The molecule has 6 heteroatoms. The number of aliphatic hydroxyl groups excluding tert-OH is 1. The third kappa shape index (κ3) is 10.1. The summed E-state index contributed by atoms with van der Waals surface area (Å²) in [5, 5.41) is 16.7. The van der Waals surface area contributed by atoms with Crippen LogP contribution in [0.5, 0.6) is 0 Å². The van der Waals surface area contributed by atoms with Crippen LogP contribution in [0.3, 0.4) is 0 Å². The number of hydrogen-bond donors (Lipinski definition) is 3. The highest BCUT2D eigenvalue weighted by atomic mass is 127. The Morgan fingerprint density at radius 1 is 1.22 bits per heavy atom. The standard InChI is InChI=1S/C17H29N3OS.HI/c1-4-18-17(19-11-5-6-12-22-3)20-13-16(21)15-9-7-14(2)8-10-15;/h7-10,16,21H,4-6,11-13H2,1-3H3,(H2,18,19,20);1H. The van der Waals surface area contributed by atoms with Gasteiger partial charge in [0.25, 0.3) is 0 Å². The molecule has 23 heavy (non-hydrogen) atoms. The van der Waals surface area contributed by atoms with Gasteiger partial charge in [-0.1, -0.05) is 29.8 Å². The Morgan fingerprint density at radius 3 is 2.52 bits per heavy atom. The molecule has 0 aliphatic carbocycles. The second-order valence-electron chi connectivity index (χ2n) is 5.27. The predicted octanol–water partition coefficient (Wildman–Crippen LogP) is 3.34. The summed E-state index contributed by atoms with van der Waals surface area (Å²) in [5.74, 6) is 1.97. The van der Waals surface area contributed by atoms with E-state index in [0.29, 0.717) is 6.54 Å². The van der Waals surface area contributed by atoms with Gasteiger partial charge >= 0.3 is 0 Å². The van der Waals surface area contributed by atoms with Crippen molar-refractivity contribution in [3.63, 3.8) is 0 Å². The van der Waals surface area contributed by atoms with Gasteiger partial charge in [-0.2, -0.15) is 11.8 Å². The van der Waals surface area contributed by atoms with Crippen molar-refractivity contribution in [1.82, 2.24) is 10.6 Å². The van der Waals surface area contributed by atoms with Gasteiger partial charge < -0.3 is 15.7 Å². The first kappa shape index (κ1) is 22.5. The number of halogens is 1. The van der Waals surface area contributed by atoms with Gasteiger partial charge in [0.05, 0.1) is 12.6 Å². The molecule has 3 N–H and O–H groups in total. The molecule has 0 radical (unpaired) electrons. The quantitative estimate of drug-likeness (QED) is 0.233. The zero-order valence-corrected chi connectivity index (χ0v) is 17.5.